The van der Waals surface area contributed by atoms with Gasteiger partial charge in [-0.15, -0.1) is 0 Å². The lowest BCUT2D eigenvalue weighted by atomic mass is 9.95. The smallest absolute Gasteiger partial charge is 0.0212 e. The van der Waals surface area contributed by atoms with Gasteiger partial charge in [0.2, 0.25) is 0 Å². The Hall–Kier alpha value is -0.340. The summed E-state index contributed by atoms with van der Waals surface area (Å²) in [6.07, 6.45) is 2.26. The first-order chi connectivity index (χ1) is 6.65. The molecule has 1 atom stereocenters. The first-order valence-electron chi connectivity index (χ1n) is 5.11. The molecule has 0 saturated heterocycles. The van der Waals surface area contributed by atoms with Crippen LogP contribution in [-0.2, 0) is 0 Å². The van der Waals surface area contributed by atoms with Crippen LogP contribution in [0.4, 0.5) is 0 Å². The first kappa shape index (κ1) is 11.7. The lowest BCUT2D eigenvalue weighted by Gasteiger charge is -2.13. The van der Waals surface area contributed by atoms with Gasteiger partial charge in [-0.05, 0) is 49.4 Å². The lowest BCUT2D eigenvalue weighted by molar-refractivity contribution is 0.638. The highest BCUT2D eigenvalue weighted by molar-refractivity contribution is 9.10. The molecule has 1 unspecified atom stereocenters. The molecule has 0 aliphatic rings. The minimum Gasteiger partial charge on any atom is -0.330 e. The van der Waals surface area contributed by atoms with Crippen molar-refractivity contribution in [3.05, 3.63) is 33.8 Å². The summed E-state index contributed by atoms with van der Waals surface area (Å²) in [7, 11) is 0. The van der Waals surface area contributed by atoms with Gasteiger partial charge >= 0.3 is 0 Å². The third-order valence-electron chi connectivity index (χ3n) is 2.53. The van der Waals surface area contributed by atoms with Crippen LogP contribution in [0, 0.1) is 6.92 Å². The predicted molar refractivity (Wildman–Crippen MR) is 65.6 cm³/mol. The number of halogens is 1. The van der Waals surface area contributed by atoms with Crippen LogP contribution in [-0.4, -0.2) is 6.54 Å². The van der Waals surface area contributed by atoms with Gasteiger partial charge in [0.1, 0.15) is 0 Å². The maximum absolute atomic E-state index is 5.51. The van der Waals surface area contributed by atoms with E-state index in [0.29, 0.717) is 5.92 Å². The van der Waals surface area contributed by atoms with Crippen LogP contribution in [0.1, 0.15) is 36.8 Å². The Kier molecular flexibility index (Phi) is 4.63. The third kappa shape index (κ3) is 3.10. The first-order valence-corrected chi connectivity index (χ1v) is 5.90. The zero-order valence-corrected chi connectivity index (χ0v) is 10.5. The summed E-state index contributed by atoms with van der Waals surface area (Å²) >= 11 is 3.61. The fraction of sp³-hybridized carbons (Fsp3) is 0.500. The van der Waals surface area contributed by atoms with Crippen molar-refractivity contribution < 1.29 is 0 Å². The number of benzene rings is 1. The van der Waals surface area contributed by atoms with E-state index in [1.165, 1.54) is 15.6 Å². The Morgan fingerprint density at radius 3 is 2.71 bits per heavy atom. The zero-order chi connectivity index (χ0) is 10.6. The van der Waals surface area contributed by atoms with Crippen molar-refractivity contribution in [3.8, 4) is 0 Å². The molecule has 0 bridgehead atoms. The molecule has 0 fully saturated rings. The highest BCUT2D eigenvalue weighted by Gasteiger charge is 2.08. The van der Waals surface area contributed by atoms with E-state index < -0.39 is 0 Å². The third-order valence-corrected chi connectivity index (χ3v) is 3.21. The van der Waals surface area contributed by atoms with Gasteiger partial charge in [0, 0.05) is 4.47 Å². The SMILES string of the molecule is Cc1ccc(C(C)CCCN)c(Br)c1. The van der Waals surface area contributed by atoms with Crippen molar-refractivity contribution >= 4 is 15.9 Å². The quantitative estimate of drug-likeness (QED) is 0.875. The van der Waals surface area contributed by atoms with E-state index in [9.17, 15) is 0 Å². The molecule has 0 radical (unpaired) electrons. The molecule has 0 spiro atoms. The second kappa shape index (κ2) is 5.52. The molecule has 0 heterocycles. The summed E-state index contributed by atoms with van der Waals surface area (Å²) in [6, 6.07) is 6.55. The molecule has 14 heavy (non-hydrogen) atoms. The van der Waals surface area contributed by atoms with Crippen LogP contribution in [0.3, 0.4) is 0 Å². The van der Waals surface area contributed by atoms with E-state index in [1.54, 1.807) is 0 Å². The second-order valence-electron chi connectivity index (χ2n) is 3.86. The van der Waals surface area contributed by atoms with Crippen molar-refractivity contribution in [3.63, 3.8) is 0 Å². The van der Waals surface area contributed by atoms with E-state index in [2.05, 4.69) is 48.0 Å². The van der Waals surface area contributed by atoms with Crippen LogP contribution in [0.15, 0.2) is 22.7 Å². The molecule has 1 nitrogen and oxygen atoms in total. The molecule has 1 aromatic rings. The topological polar surface area (TPSA) is 26.0 Å². The molecular formula is C12H18BrN. The molecular weight excluding hydrogens is 238 g/mol. The summed E-state index contributed by atoms with van der Waals surface area (Å²) in [5.41, 5.74) is 8.20. The van der Waals surface area contributed by atoms with E-state index in [1.807, 2.05) is 0 Å². The van der Waals surface area contributed by atoms with E-state index >= 15 is 0 Å². The van der Waals surface area contributed by atoms with Crippen LogP contribution in [0.5, 0.6) is 0 Å². The largest absolute Gasteiger partial charge is 0.330 e. The van der Waals surface area contributed by atoms with Crippen LogP contribution in [0.2, 0.25) is 0 Å². The van der Waals surface area contributed by atoms with Gasteiger partial charge in [-0.3, -0.25) is 0 Å². The fourth-order valence-corrected chi connectivity index (χ4v) is 2.50. The van der Waals surface area contributed by atoms with Crippen LogP contribution >= 0.6 is 15.9 Å². The Morgan fingerprint density at radius 1 is 1.43 bits per heavy atom. The van der Waals surface area contributed by atoms with E-state index in [-0.39, 0.29) is 0 Å². The number of hydrogen-bond acceptors (Lipinski definition) is 1. The number of nitrogens with two attached hydrogens (primary N) is 1. The highest BCUT2D eigenvalue weighted by Crippen LogP contribution is 2.28. The normalized spacial score (nSPS) is 12.9. The summed E-state index contributed by atoms with van der Waals surface area (Å²) in [6.45, 7) is 5.15. The fourth-order valence-electron chi connectivity index (χ4n) is 1.61. The summed E-state index contributed by atoms with van der Waals surface area (Å²) < 4.78 is 1.22. The van der Waals surface area contributed by atoms with E-state index in [4.69, 9.17) is 5.73 Å². The molecule has 1 aromatic carbocycles. The van der Waals surface area contributed by atoms with Gasteiger partial charge in [0.15, 0.2) is 0 Å². The van der Waals surface area contributed by atoms with Crippen molar-refractivity contribution in [2.45, 2.75) is 32.6 Å². The maximum Gasteiger partial charge on any atom is 0.0212 e. The Balaban J connectivity index is 2.74. The summed E-state index contributed by atoms with van der Waals surface area (Å²) in [5, 5.41) is 0. The van der Waals surface area contributed by atoms with Gasteiger partial charge in [-0.2, -0.15) is 0 Å². The predicted octanol–water partition coefficient (Wildman–Crippen LogP) is 3.60. The highest BCUT2D eigenvalue weighted by atomic mass is 79.9. The Labute approximate surface area is 94.8 Å². The van der Waals surface area contributed by atoms with Crippen LogP contribution in [0.25, 0.3) is 0 Å². The van der Waals surface area contributed by atoms with Gasteiger partial charge in [0.25, 0.3) is 0 Å². The average molecular weight is 256 g/mol. The molecule has 0 saturated carbocycles. The average Bonchev–Trinajstić information content (AvgIpc) is 2.14. The van der Waals surface area contributed by atoms with Crippen molar-refractivity contribution in [1.29, 1.82) is 0 Å². The minimum atomic E-state index is 0.591. The van der Waals surface area contributed by atoms with Crippen molar-refractivity contribution in [2.75, 3.05) is 6.54 Å². The van der Waals surface area contributed by atoms with Gasteiger partial charge < -0.3 is 5.73 Å². The Morgan fingerprint density at radius 2 is 2.14 bits per heavy atom. The molecule has 0 amide bonds. The molecule has 0 aromatic heterocycles. The van der Waals surface area contributed by atoms with Gasteiger partial charge in [0.05, 0.1) is 0 Å². The number of rotatable bonds is 4. The zero-order valence-electron chi connectivity index (χ0n) is 8.89. The lowest BCUT2D eigenvalue weighted by Crippen LogP contribution is -2.02. The number of aryl methyl sites for hydroxylation is 1. The minimum absolute atomic E-state index is 0.591. The van der Waals surface area contributed by atoms with Crippen molar-refractivity contribution in [1.82, 2.24) is 0 Å². The number of hydrogen-bond donors (Lipinski definition) is 1. The molecule has 78 valence electrons. The molecule has 0 aliphatic heterocycles. The van der Waals surface area contributed by atoms with Crippen LogP contribution < -0.4 is 5.73 Å². The monoisotopic (exact) mass is 255 g/mol. The molecule has 2 N–H and O–H groups in total. The second-order valence-corrected chi connectivity index (χ2v) is 4.71. The van der Waals surface area contributed by atoms with Gasteiger partial charge in [-0.25, -0.2) is 0 Å². The maximum atomic E-state index is 5.51. The van der Waals surface area contributed by atoms with Crippen molar-refractivity contribution in [2.24, 2.45) is 5.73 Å². The Bertz CT molecular complexity index is 296. The van der Waals surface area contributed by atoms with Gasteiger partial charge in [-0.1, -0.05) is 35.0 Å². The summed E-state index contributed by atoms with van der Waals surface area (Å²) in [5.74, 6) is 0.591. The standard InChI is InChI=1S/C12H18BrN/c1-9-5-6-11(12(13)8-9)10(2)4-3-7-14/h5-6,8,10H,3-4,7,14H2,1-2H3. The molecule has 0 aliphatic carbocycles. The molecule has 1 rings (SSSR count). The van der Waals surface area contributed by atoms with E-state index in [0.717, 1.165) is 19.4 Å². The molecule has 2 heteroatoms. The summed E-state index contributed by atoms with van der Waals surface area (Å²) in [4.78, 5) is 0.